The second-order valence-electron chi connectivity index (χ2n) is 6.64. The van der Waals surface area contributed by atoms with Crippen LogP contribution in [0.1, 0.15) is 0 Å². The minimum Gasteiger partial charge on any atom is -0.494 e. The van der Waals surface area contributed by atoms with Crippen molar-refractivity contribution in [1.29, 1.82) is 0 Å². The second kappa shape index (κ2) is 7.38. The number of piperazine rings is 1. The summed E-state index contributed by atoms with van der Waals surface area (Å²) in [6, 6.07) is 7.62. The number of halogens is 1. The summed E-state index contributed by atoms with van der Waals surface area (Å²) >= 11 is 0. The average Bonchev–Trinajstić information content (AvgIpc) is 2.73. The Balaban J connectivity index is 1.60. The number of nitro groups is 1. The van der Waals surface area contributed by atoms with E-state index in [1.54, 1.807) is 18.2 Å². The number of nitro benzene ring substituents is 1. The molecule has 0 saturated carbocycles. The minimum absolute atomic E-state index is 0.139. The number of fused-ring (bicyclic) bond motifs is 1. The predicted molar refractivity (Wildman–Crippen MR) is 106 cm³/mol. The van der Waals surface area contributed by atoms with Crippen molar-refractivity contribution in [3.63, 3.8) is 0 Å². The van der Waals surface area contributed by atoms with Crippen molar-refractivity contribution in [2.45, 2.75) is 0 Å². The number of hydrogen-bond donors (Lipinski definition) is 1. The summed E-state index contributed by atoms with van der Waals surface area (Å²) in [5.41, 5.74) is 0.982. The molecule has 2 heterocycles. The predicted octanol–water partition coefficient (Wildman–Crippen LogP) is 2.31. The molecule has 0 spiro atoms. The van der Waals surface area contributed by atoms with Gasteiger partial charge in [-0.2, -0.15) is 0 Å². The highest BCUT2D eigenvalue weighted by Gasteiger charge is 2.25. The summed E-state index contributed by atoms with van der Waals surface area (Å²) in [7, 11) is 1.41. The van der Waals surface area contributed by atoms with E-state index in [0.717, 1.165) is 5.69 Å². The Bertz CT molecular complexity index is 1140. The molecule has 1 fully saturated rings. The number of anilines is 2. The molecule has 10 heteroatoms. The van der Waals surface area contributed by atoms with Crippen molar-refractivity contribution in [1.82, 2.24) is 9.97 Å². The van der Waals surface area contributed by atoms with E-state index in [9.17, 15) is 19.3 Å². The fraction of sp³-hybridized carbons (Fsp3) is 0.263. The third-order valence-corrected chi connectivity index (χ3v) is 5.05. The first-order valence-electron chi connectivity index (χ1n) is 8.97. The molecule has 150 valence electrons. The third-order valence-electron chi connectivity index (χ3n) is 5.05. The van der Waals surface area contributed by atoms with E-state index in [2.05, 4.69) is 9.97 Å². The van der Waals surface area contributed by atoms with Gasteiger partial charge in [-0.15, -0.1) is 0 Å². The van der Waals surface area contributed by atoms with Gasteiger partial charge < -0.3 is 19.5 Å². The summed E-state index contributed by atoms with van der Waals surface area (Å²) in [6.07, 6.45) is 1.27. The van der Waals surface area contributed by atoms with Crippen molar-refractivity contribution < 1.29 is 14.1 Å². The Morgan fingerprint density at radius 2 is 1.90 bits per heavy atom. The van der Waals surface area contributed by atoms with E-state index >= 15 is 0 Å². The van der Waals surface area contributed by atoms with Gasteiger partial charge in [-0.1, -0.05) is 0 Å². The van der Waals surface area contributed by atoms with Gasteiger partial charge in [-0.25, -0.2) is 9.37 Å². The van der Waals surface area contributed by atoms with E-state index in [1.807, 2.05) is 9.80 Å². The molecule has 0 amide bonds. The van der Waals surface area contributed by atoms with E-state index in [1.165, 1.54) is 25.6 Å². The molecule has 1 aliphatic rings. The van der Waals surface area contributed by atoms with Crippen LogP contribution in [0.25, 0.3) is 10.9 Å². The summed E-state index contributed by atoms with van der Waals surface area (Å²) < 4.78 is 18.9. The number of aromatic amines is 1. The molecule has 4 rings (SSSR count). The maximum absolute atomic E-state index is 14.0. The maximum atomic E-state index is 14.0. The number of nitrogens with zero attached hydrogens (tertiary/aromatic N) is 4. The first-order chi connectivity index (χ1) is 14.0. The van der Waals surface area contributed by atoms with Gasteiger partial charge in [0.15, 0.2) is 11.6 Å². The van der Waals surface area contributed by atoms with Crippen molar-refractivity contribution >= 4 is 28.0 Å². The van der Waals surface area contributed by atoms with Crippen LogP contribution < -0.4 is 20.1 Å². The fourth-order valence-corrected chi connectivity index (χ4v) is 3.55. The summed E-state index contributed by atoms with van der Waals surface area (Å²) in [6.45, 7) is 2.12. The third kappa shape index (κ3) is 3.44. The summed E-state index contributed by atoms with van der Waals surface area (Å²) in [5.74, 6) is -0.254. The first-order valence-corrected chi connectivity index (χ1v) is 8.97. The van der Waals surface area contributed by atoms with E-state index in [0.29, 0.717) is 37.4 Å². The van der Waals surface area contributed by atoms with Gasteiger partial charge in [0.1, 0.15) is 5.69 Å². The number of benzene rings is 2. The Morgan fingerprint density at radius 3 is 2.55 bits per heavy atom. The lowest BCUT2D eigenvalue weighted by Crippen LogP contribution is -2.46. The van der Waals surface area contributed by atoms with Crippen LogP contribution >= 0.6 is 0 Å². The van der Waals surface area contributed by atoms with Crippen LogP contribution in [0.5, 0.6) is 5.75 Å². The lowest BCUT2D eigenvalue weighted by molar-refractivity contribution is -0.384. The van der Waals surface area contributed by atoms with Crippen LogP contribution in [0, 0.1) is 15.9 Å². The highest BCUT2D eigenvalue weighted by atomic mass is 19.1. The first kappa shape index (κ1) is 18.7. The topological polar surface area (TPSA) is 105 Å². The number of hydrogen-bond acceptors (Lipinski definition) is 7. The van der Waals surface area contributed by atoms with E-state index < -0.39 is 16.3 Å². The molecule has 0 bridgehead atoms. The lowest BCUT2D eigenvalue weighted by Gasteiger charge is -2.37. The Morgan fingerprint density at radius 1 is 1.17 bits per heavy atom. The number of methoxy groups -OCH3 is 1. The average molecular weight is 399 g/mol. The molecule has 29 heavy (non-hydrogen) atoms. The van der Waals surface area contributed by atoms with Crippen molar-refractivity contribution in [3.8, 4) is 5.75 Å². The molecule has 2 aromatic carbocycles. The quantitative estimate of drug-likeness (QED) is 0.530. The zero-order valence-corrected chi connectivity index (χ0v) is 15.6. The molecular weight excluding hydrogens is 381 g/mol. The number of rotatable bonds is 4. The highest BCUT2D eigenvalue weighted by Crippen LogP contribution is 2.33. The minimum atomic E-state index is -0.494. The molecule has 3 aromatic rings. The van der Waals surface area contributed by atoms with Crippen molar-refractivity contribution in [2.75, 3.05) is 43.1 Å². The molecule has 1 saturated heterocycles. The van der Waals surface area contributed by atoms with Crippen molar-refractivity contribution in [2.24, 2.45) is 0 Å². The monoisotopic (exact) mass is 399 g/mol. The van der Waals surface area contributed by atoms with Gasteiger partial charge in [0.2, 0.25) is 0 Å². The van der Waals surface area contributed by atoms with Crippen LogP contribution in [0.15, 0.2) is 41.5 Å². The van der Waals surface area contributed by atoms with E-state index in [4.69, 9.17) is 4.74 Å². The molecule has 0 radical (unpaired) electrons. The Hall–Kier alpha value is -3.69. The molecule has 9 nitrogen and oxygen atoms in total. The normalized spacial score (nSPS) is 14.3. The Kier molecular flexibility index (Phi) is 4.75. The van der Waals surface area contributed by atoms with Crippen LogP contribution in [-0.4, -0.2) is 48.2 Å². The van der Waals surface area contributed by atoms with Crippen LogP contribution in [-0.2, 0) is 0 Å². The van der Waals surface area contributed by atoms with Gasteiger partial charge in [-0.05, 0) is 18.2 Å². The highest BCUT2D eigenvalue weighted by molar-refractivity contribution is 5.87. The molecule has 0 unspecified atom stereocenters. The van der Waals surface area contributed by atoms with Crippen molar-refractivity contribution in [3.05, 3.63) is 62.9 Å². The van der Waals surface area contributed by atoms with Crippen LogP contribution in [0.2, 0.25) is 0 Å². The van der Waals surface area contributed by atoms with Gasteiger partial charge >= 0.3 is 0 Å². The molecule has 0 aliphatic carbocycles. The van der Waals surface area contributed by atoms with Gasteiger partial charge in [-0.3, -0.25) is 14.9 Å². The fourth-order valence-electron chi connectivity index (χ4n) is 3.55. The molecule has 1 N–H and O–H groups in total. The number of H-pyrrole nitrogens is 1. The number of nitrogens with one attached hydrogen (secondary N) is 1. The Labute approximate surface area is 164 Å². The molecule has 0 atom stereocenters. The van der Waals surface area contributed by atoms with Crippen LogP contribution in [0.3, 0.4) is 0 Å². The lowest BCUT2D eigenvalue weighted by atomic mass is 10.1. The van der Waals surface area contributed by atoms with Gasteiger partial charge in [0.05, 0.1) is 29.3 Å². The largest absolute Gasteiger partial charge is 0.494 e. The van der Waals surface area contributed by atoms with E-state index in [-0.39, 0.29) is 16.8 Å². The molecular formula is C19H18FN5O4. The maximum Gasteiger partial charge on any atom is 0.293 e. The summed E-state index contributed by atoms with van der Waals surface area (Å²) in [5, 5.41) is 11.8. The standard InChI is InChI=1S/C19H18FN5O4/c1-29-18-3-2-12(8-14(18)20)23-4-6-24(7-5-23)16-10-15-13(9-17(16)25(27)28)19(26)22-11-21-15/h2-3,8-11H,4-7H2,1H3,(H,21,22,26). The van der Waals surface area contributed by atoms with Gasteiger partial charge in [0.25, 0.3) is 11.2 Å². The summed E-state index contributed by atoms with van der Waals surface area (Å²) in [4.78, 5) is 33.5. The smallest absolute Gasteiger partial charge is 0.293 e. The van der Waals surface area contributed by atoms with Crippen LogP contribution in [0.4, 0.5) is 21.5 Å². The SMILES string of the molecule is COc1ccc(N2CCN(c3cc4nc[nH]c(=O)c4cc3[N+](=O)[O-])CC2)cc1F. The zero-order chi connectivity index (χ0) is 20.5. The molecule has 1 aromatic heterocycles. The van der Waals surface area contributed by atoms with Gasteiger partial charge in [0, 0.05) is 44.0 Å². The molecule has 1 aliphatic heterocycles. The number of ether oxygens (including phenoxy) is 1. The zero-order valence-electron chi connectivity index (χ0n) is 15.6. The second-order valence-corrected chi connectivity index (χ2v) is 6.64. The number of aromatic nitrogens is 2.